The summed E-state index contributed by atoms with van der Waals surface area (Å²) in [5, 5.41) is 6.57. The Labute approximate surface area is 156 Å². The number of unbranched alkanes of at least 4 members (excludes halogenated alkanes) is 1. The predicted molar refractivity (Wildman–Crippen MR) is 109 cm³/mol. The van der Waals surface area contributed by atoms with Crippen LogP contribution in [0.15, 0.2) is 48.5 Å². The van der Waals surface area contributed by atoms with E-state index < -0.39 is 0 Å². The van der Waals surface area contributed by atoms with Gasteiger partial charge in [-0.15, -0.1) is 0 Å². The van der Waals surface area contributed by atoms with Crippen molar-refractivity contribution in [2.45, 2.75) is 38.6 Å². The van der Waals surface area contributed by atoms with Crippen molar-refractivity contribution in [2.75, 3.05) is 30.4 Å². The molecule has 4 heteroatoms. The first-order valence-electron chi connectivity index (χ1n) is 9.56. The van der Waals surface area contributed by atoms with E-state index in [4.69, 9.17) is 0 Å². The average molecular weight is 351 g/mol. The Morgan fingerprint density at radius 3 is 2.73 bits per heavy atom. The molecule has 2 N–H and O–H groups in total. The van der Waals surface area contributed by atoms with Crippen molar-refractivity contribution in [2.24, 2.45) is 0 Å². The number of nitrogens with zero attached hydrogens (tertiary/aromatic N) is 1. The van der Waals surface area contributed by atoms with Gasteiger partial charge in [0, 0.05) is 37.4 Å². The minimum absolute atomic E-state index is 0.122. The number of amides is 1. The third-order valence-corrected chi connectivity index (χ3v) is 5.09. The van der Waals surface area contributed by atoms with E-state index in [-0.39, 0.29) is 5.91 Å². The summed E-state index contributed by atoms with van der Waals surface area (Å²) in [6, 6.07) is 17.2. The standard InChI is InChI=1S/C22H29N3O/c1-17(18-10-12-21-19(16-18)11-13-22(26)24-21)23-14-6-7-15-25(2)20-8-4-3-5-9-20/h3-5,8-10,12,16-17,23H,6-7,11,13-15H2,1-2H3,(H,24,26). The highest BCUT2D eigenvalue weighted by atomic mass is 16.1. The molecule has 0 radical (unpaired) electrons. The molecule has 26 heavy (non-hydrogen) atoms. The van der Waals surface area contributed by atoms with Crippen molar-refractivity contribution in [3.8, 4) is 0 Å². The van der Waals surface area contributed by atoms with Gasteiger partial charge in [-0.1, -0.05) is 30.3 Å². The minimum Gasteiger partial charge on any atom is -0.375 e. The maximum atomic E-state index is 11.5. The van der Waals surface area contributed by atoms with Gasteiger partial charge in [-0.05, 0) is 62.1 Å². The van der Waals surface area contributed by atoms with Gasteiger partial charge in [0.15, 0.2) is 0 Å². The number of anilines is 2. The normalized spacial score (nSPS) is 14.5. The zero-order chi connectivity index (χ0) is 18.4. The lowest BCUT2D eigenvalue weighted by Crippen LogP contribution is -2.23. The fraction of sp³-hybridized carbons (Fsp3) is 0.409. The largest absolute Gasteiger partial charge is 0.375 e. The molecular weight excluding hydrogens is 322 g/mol. The predicted octanol–water partition coefficient (Wildman–Crippen LogP) is 4.14. The Balaban J connectivity index is 1.40. The van der Waals surface area contributed by atoms with Crippen LogP contribution in [0.4, 0.5) is 11.4 Å². The van der Waals surface area contributed by atoms with Crippen LogP contribution < -0.4 is 15.5 Å². The molecule has 0 saturated carbocycles. The second kappa shape index (κ2) is 8.86. The number of carbonyl (C=O) groups is 1. The number of benzene rings is 2. The Hall–Kier alpha value is -2.33. The van der Waals surface area contributed by atoms with Crippen LogP contribution in [0.25, 0.3) is 0 Å². The Kier molecular flexibility index (Phi) is 6.29. The monoisotopic (exact) mass is 351 g/mol. The number of nitrogens with one attached hydrogen (secondary N) is 2. The molecule has 2 aromatic carbocycles. The molecule has 2 aromatic rings. The first kappa shape index (κ1) is 18.5. The molecule has 0 fully saturated rings. The quantitative estimate of drug-likeness (QED) is 0.703. The third kappa shape index (κ3) is 4.85. The summed E-state index contributed by atoms with van der Waals surface area (Å²) in [4.78, 5) is 13.8. The highest BCUT2D eigenvalue weighted by Gasteiger charge is 2.16. The van der Waals surface area contributed by atoms with Gasteiger partial charge in [0.2, 0.25) is 5.91 Å². The van der Waals surface area contributed by atoms with Crippen molar-refractivity contribution in [1.82, 2.24) is 5.32 Å². The van der Waals surface area contributed by atoms with Gasteiger partial charge in [0.25, 0.3) is 0 Å². The van der Waals surface area contributed by atoms with E-state index in [2.05, 4.69) is 72.0 Å². The summed E-state index contributed by atoms with van der Waals surface area (Å²) in [6.45, 7) is 4.29. The fourth-order valence-electron chi connectivity index (χ4n) is 3.39. The van der Waals surface area contributed by atoms with Crippen molar-refractivity contribution < 1.29 is 4.79 Å². The van der Waals surface area contributed by atoms with Gasteiger partial charge in [-0.25, -0.2) is 0 Å². The smallest absolute Gasteiger partial charge is 0.224 e. The first-order valence-corrected chi connectivity index (χ1v) is 9.56. The molecule has 1 unspecified atom stereocenters. The third-order valence-electron chi connectivity index (χ3n) is 5.09. The molecule has 1 heterocycles. The highest BCUT2D eigenvalue weighted by molar-refractivity contribution is 5.93. The van der Waals surface area contributed by atoms with Gasteiger partial charge in [-0.2, -0.15) is 0 Å². The number of hydrogen-bond donors (Lipinski definition) is 2. The van der Waals surface area contributed by atoms with Crippen molar-refractivity contribution in [3.05, 3.63) is 59.7 Å². The van der Waals surface area contributed by atoms with Crippen LogP contribution in [0.3, 0.4) is 0 Å². The summed E-state index contributed by atoms with van der Waals surface area (Å²) < 4.78 is 0. The molecule has 1 aliphatic heterocycles. The number of hydrogen-bond acceptors (Lipinski definition) is 3. The summed E-state index contributed by atoms with van der Waals surface area (Å²) in [5.41, 5.74) is 4.79. The summed E-state index contributed by atoms with van der Waals surface area (Å²) >= 11 is 0. The van der Waals surface area contributed by atoms with Crippen molar-refractivity contribution in [1.29, 1.82) is 0 Å². The van der Waals surface area contributed by atoms with Crippen LogP contribution in [-0.2, 0) is 11.2 Å². The summed E-state index contributed by atoms with van der Waals surface area (Å²) in [7, 11) is 2.15. The molecule has 138 valence electrons. The van der Waals surface area contributed by atoms with E-state index in [0.29, 0.717) is 12.5 Å². The van der Waals surface area contributed by atoms with E-state index >= 15 is 0 Å². The maximum absolute atomic E-state index is 11.5. The lowest BCUT2D eigenvalue weighted by atomic mass is 9.98. The van der Waals surface area contributed by atoms with Gasteiger partial charge in [0.05, 0.1) is 0 Å². The maximum Gasteiger partial charge on any atom is 0.224 e. The number of rotatable bonds is 8. The molecule has 1 aliphatic rings. The number of para-hydroxylation sites is 1. The highest BCUT2D eigenvalue weighted by Crippen LogP contribution is 2.26. The Morgan fingerprint density at radius 2 is 1.92 bits per heavy atom. The van der Waals surface area contributed by atoms with Gasteiger partial charge in [-0.3, -0.25) is 4.79 Å². The Bertz CT molecular complexity index is 729. The minimum atomic E-state index is 0.122. The summed E-state index contributed by atoms with van der Waals surface area (Å²) in [6.07, 6.45) is 3.75. The molecular formula is C22H29N3O. The van der Waals surface area contributed by atoms with Gasteiger partial charge < -0.3 is 15.5 Å². The van der Waals surface area contributed by atoms with E-state index in [1.807, 2.05) is 6.07 Å². The van der Waals surface area contributed by atoms with E-state index in [1.54, 1.807) is 0 Å². The second-order valence-electron chi connectivity index (χ2n) is 7.10. The van der Waals surface area contributed by atoms with Crippen LogP contribution in [0.2, 0.25) is 0 Å². The molecule has 1 atom stereocenters. The molecule has 0 aliphatic carbocycles. The first-order chi connectivity index (χ1) is 12.6. The van der Waals surface area contributed by atoms with E-state index in [1.165, 1.54) is 23.2 Å². The molecule has 0 aromatic heterocycles. The van der Waals surface area contributed by atoms with E-state index in [0.717, 1.165) is 31.6 Å². The van der Waals surface area contributed by atoms with E-state index in [9.17, 15) is 4.79 Å². The fourth-order valence-corrected chi connectivity index (χ4v) is 3.39. The van der Waals surface area contributed by atoms with Crippen molar-refractivity contribution in [3.63, 3.8) is 0 Å². The van der Waals surface area contributed by atoms with Gasteiger partial charge >= 0.3 is 0 Å². The lowest BCUT2D eigenvalue weighted by molar-refractivity contribution is -0.116. The number of fused-ring (bicyclic) bond motifs is 1. The zero-order valence-electron chi connectivity index (χ0n) is 15.8. The van der Waals surface area contributed by atoms with Crippen molar-refractivity contribution >= 4 is 17.3 Å². The van der Waals surface area contributed by atoms with Crippen LogP contribution in [0.5, 0.6) is 0 Å². The SMILES string of the molecule is CC(NCCCCN(C)c1ccccc1)c1ccc2c(c1)CCC(=O)N2. The molecule has 0 spiro atoms. The van der Waals surface area contributed by atoms with Crippen LogP contribution in [-0.4, -0.2) is 26.0 Å². The number of carbonyl (C=O) groups excluding carboxylic acids is 1. The molecule has 0 saturated heterocycles. The van der Waals surface area contributed by atoms with Gasteiger partial charge in [0.1, 0.15) is 0 Å². The zero-order valence-corrected chi connectivity index (χ0v) is 15.8. The number of aryl methyl sites for hydroxylation is 1. The van der Waals surface area contributed by atoms with Crippen LogP contribution >= 0.6 is 0 Å². The van der Waals surface area contributed by atoms with Crippen LogP contribution in [0.1, 0.15) is 43.4 Å². The van der Waals surface area contributed by atoms with Crippen LogP contribution in [0, 0.1) is 0 Å². The topological polar surface area (TPSA) is 44.4 Å². The lowest BCUT2D eigenvalue weighted by Gasteiger charge is -2.21. The average Bonchev–Trinajstić information content (AvgIpc) is 2.67. The Morgan fingerprint density at radius 1 is 1.12 bits per heavy atom. The molecule has 1 amide bonds. The molecule has 3 rings (SSSR count). The molecule has 0 bridgehead atoms. The second-order valence-corrected chi connectivity index (χ2v) is 7.10. The summed E-state index contributed by atoms with van der Waals surface area (Å²) in [5.74, 6) is 0.122. The molecule has 4 nitrogen and oxygen atoms in total.